The summed E-state index contributed by atoms with van der Waals surface area (Å²) in [6.45, 7) is 4.12. The third-order valence-electron chi connectivity index (χ3n) is 2.37. The summed E-state index contributed by atoms with van der Waals surface area (Å²) in [4.78, 5) is 0. The van der Waals surface area contributed by atoms with Crippen LogP contribution in [0.3, 0.4) is 0 Å². The zero-order valence-electron chi connectivity index (χ0n) is 8.76. The topological polar surface area (TPSA) is 32.3 Å². The van der Waals surface area contributed by atoms with Crippen molar-refractivity contribution in [3.05, 3.63) is 34.6 Å². The molecule has 1 aromatic carbocycles. The van der Waals surface area contributed by atoms with E-state index in [2.05, 4.69) is 5.32 Å². The van der Waals surface area contributed by atoms with Gasteiger partial charge in [0.25, 0.3) is 0 Å². The van der Waals surface area contributed by atoms with E-state index in [9.17, 15) is 9.50 Å². The van der Waals surface area contributed by atoms with Crippen molar-refractivity contribution in [2.24, 2.45) is 0 Å². The highest BCUT2D eigenvalue weighted by Crippen LogP contribution is 2.20. The molecule has 1 rings (SSSR count). The number of nitrogens with one attached hydrogen (secondary N) is 1. The zero-order valence-corrected chi connectivity index (χ0v) is 8.76. The molecule has 0 aliphatic rings. The van der Waals surface area contributed by atoms with E-state index in [4.69, 9.17) is 0 Å². The second-order valence-electron chi connectivity index (χ2n) is 3.53. The highest BCUT2D eigenvalue weighted by molar-refractivity contribution is 5.32. The Morgan fingerprint density at radius 2 is 1.93 bits per heavy atom. The average molecular weight is 197 g/mol. The summed E-state index contributed by atoms with van der Waals surface area (Å²) in [6.07, 6.45) is -0.778. The van der Waals surface area contributed by atoms with E-state index in [0.717, 1.165) is 11.1 Å². The molecule has 2 nitrogen and oxygen atoms in total. The first-order chi connectivity index (χ1) is 6.56. The molecule has 14 heavy (non-hydrogen) atoms. The summed E-state index contributed by atoms with van der Waals surface area (Å²) < 4.78 is 13.4. The van der Waals surface area contributed by atoms with Gasteiger partial charge in [-0.15, -0.1) is 0 Å². The third-order valence-corrected chi connectivity index (χ3v) is 2.37. The molecule has 0 spiro atoms. The molecule has 0 aromatic heterocycles. The molecule has 0 amide bonds. The maximum absolute atomic E-state index is 13.4. The molecule has 0 fully saturated rings. The van der Waals surface area contributed by atoms with E-state index in [1.807, 2.05) is 13.8 Å². The SMILES string of the molecule is CNCC(O)c1cc(C)c(C)cc1F. The first kappa shape index (κ1) is 11.1. The van der Waals surface area contributed by atoms with Gasteiger partial charge in [0.2, 0.25) is 0 Å². The lowest BCUT2D eigenvalue weighted by Crippen LogP contribution is -2.17. The monoisotopic (exact) mass is 197 g/mol. The Hall–Kier alpha value is -0.930. The molecule has 0 aliphatic heterocycles. The van der Waals surface area contributed by atoms with Crippen LogP contribution in [0.5, 0.6) is 0 Å². The number of rotatable bonds is 3. The zero-order chi connectivity index (χ0) is 10.7. The molecule has 0 saturated heterocycles. The molecule has 2 N–H and O–H groups in total. The molecular weight excluding hydrogens is 181 g/mol. The minimum atomic E-state index is -0.778. The van der Waals surface area contributed by atoms with Crippen molar-refractivity contribution in [1.82, 2.24) is 5.32 Å². The van der Waals surface area contributed by atoms with E-state index in [-0.39, 0.29) is 5.82 Å². The minimum absolute atomic E-state index is 0.337. The highest BCUT2D eigenvalue weighted by Gasteiger charge is 2.12. The van der Waals surface area contributed by atoms with Crippen LogP contribution in [0.1, 0.15) is 22.8 Å². The van der Waals surface area contributed by atoms with Gasteiger partial charge >= 0.3 is 0 Å². The highest BCUT2D eigenvalue weighted by atomic mass is 19.1. The standard InChI is InChI=1S/C11H16FNO/c1-7-4-9(11(14)6-13-3)10(12)5-8(7)2/h4-5,11,13-14H,6H2,1-3H3. The summed E-state index contributed by atoms with van der Waals surface area (Å²) in [5.41, 5.74) is 2.27. The summed E-state index contributed by atoms with van der Waals surface area (Å²) in [7, 11) is 1.72. The van der Waals surface area contributed by atoms with Crippen molar-refractivity contribution >= 4 is 0 Å². The first-order valence-corrected chi connectivity index (χ1v) is 4.65. The Labute approximate surface area is 83.8 Å². The van der Waals surface area contributed by atoms with Gasteiger partial charge in [0, 0.05) is 12.1 Å². The van der Waals surface area contributed by atoms with Crippen molar-refractivity contribution in [3.63, 3.8) is 0 Å². The number of likely N-dealkylation sites (N-methyl/N-ethyl adjacent to an activating group) is 1. The lowest BCUT2D eigenvalue weighted by Gasteiger charge is -2.13. The van der Waals surface area contributed by atoms with Gasteiger partial charge < -0.3 is 10.4 Å². The molecular formula is C11H16FNO. The number of halogens is 1. The molecule has 0 heterocycles. The Morgan fingerprint density at radius 1 is 1.36 bits per heavy atom. The number of aryl methyl sites for hydroxylation is 2. The Kier molecular flexibility index (Phi) is 3.61. The van der Waals surface area contributed by atoms with Crippen LogP contribution in [-0.2, 0) is 0 Å². The normalized spacial score (nSPS) is 12.9. The fourth-order valence-corrected chi connectivity index (χ4v) is 1.36. The van der Waals surface area contributed by atoms with Crippen molar-refractivity contribution in [1.29, 1.82) is 0 Å². The van der Waals surface area contributed by atoms with E-state index in [1.165, 1.54) is 6.07 Å². The quantitative estimate of drug-likeness (QED) is 0.773. The Balaban J connectivity index is 3.02. The van der Waals surface area contributed by atoms with Crippen LogP contribution < -0.4 is 5.32 Å². The van der Waals surface area contributed by atoms with E-state index < -0.39 is 6.10 Å². The number of aliphatic hydroxyl groups is 1. The van der Waals surface area contributed by atoms with Gasteiger partial charge in [-0.2, -0.15) is 0 Å². The maximum atomic E-state index is 13.4. The van der Waals surface area contributed by atoms with Crippen molar-refractivity contribution in [2.45, 2.75) is 20.0 Å². The largest absolute Gasteiger partial charge is 0.387 e. The van der Waals surface area contributed by atoms with E-state index in [1.54, 1.807) is 13.1 Å². The smallest absolute Gasteiger partial charge is 0.129 e. The van der Waals surface area contributed by atoms with Crippen LogP contribution in [0.2, 0.25) is 0 Å². The fraction of sp³-hybridized carbons (Fsp3) is 0.455. The lowest BCUT2D eigenvalue weighted by atomic mass is 10.0. The molecule has 0 radical (unpaired) electrons. The van der Waals surface area contributed by atoms with E-state index >= 15 is 0 Å². The van der Waals surface area contributed by atoms with Gasteiger partial charge in [-0.3, -0.25) is 0 Å². The molecule has 1 atom stereocenters. The maximum Gasteiger partial charge on any atom is 0.129 e. The Bertz CT molecular complexity index is 325. The van der Waals surface area contributed by atoms with Crippen LogP contribution >= 0.6 is 0 Å². The van der Waals surface area contributed by atoms with Gasteiger partial charge in [0.15, 0.2) is 0 Å². The summed E-state index contributed by atoms with van der Waals surface area (Å²) in [5.74, 6) is -0.337. The van der Waals surface area contributed by atoms with Gasteiger partial charge in [0.1, 0.15) is 5.82 Å². The summed E-state index contributed by atoms with van der Waals surface area (Å²) >= 11 is 0. The summed E-state index contributed by atoms with van der Waals surface area (Å²) in [5, 5.41) is 12.4. The van der Waals surface area contributed by atoms with Crippen LogP contribution in [0.4, 0.5) is 4.39 Å². The number of hydrogen-bond acceptors (Lipinski definition) is 2. The average Bonchev–Trinajstić information content (AvgIpc) is 2.11. The second kappa shape index (κ2) is 4.53. The molecule has 0 bridgehead atoms. The van der Waals surface area contributed by atoms with Crippen LogP contribution in [0.25, 0.3) is 0 Å². The molecule has 78 valence electrons. The third kappa shape index (κ3) is 2.30. The van der Waals surface area contributed by atoms with Crippen LogP contribution in [0.15, 0.2) is 12.1 Å². The fourth-order valence-electron chi connectivity index (χ4n) is 1.36. The minimum Gasteiger partial charge on any atom is -0.387 e. The Morgan fingerprint density at radius 3 is 2.50 bits per heavy atom. The predicted molar refractivity (Wildman–Crippen MR) is 54.8 cm³/mol. The van der Waals surface area contributed by atoms with Crippen molar-refractivity contribution in [2.75, 3.05) is 13.6 Å². The van der Waals surface area contributed by atoms with Crippen molar-refractivity contribution < 1.29 is 9.50 Å². The van der Waals surface area contributed by atoms with Gasteiger partial charge in [0.05, 0.1) is 6.10 Å². The van der Waals surface area contributed by atoms with Gasteiger partial charge in [-0.05, 0) is 38.1 Å². The van der Waals surface area contributed by atoms with Gasteiger partial charge in [-0.25, -0.2) is 4.39 Å². The van der Waals surface area contributed by atoms with E-state index in [0.29, 0.717) is 12.1 Å². The molecule has 3 heteroatoms. The number of benzene rings is 1. The number of aliphatic hydroxyl groups excluding tert-OH is 1. The van der Waals surface area contributed by atoms with Crippen LogP contribution in [0, 0.1) is 19.7 Å². The lowest BCUT2D eigenvalue weighted by molar-refractivity contribution is 0.173. The van der Waals surface area contributed by atoms with Gasteiger partial charge in [-0.1, -0.05) is 6.07 Å². The number of hydrogen-bond donors (Lipinski definition) is 2. The van der Waals surface area contributed by atoms with Crippen LogP contribution in [-0.4, -0.2) is 18.7 Å². The second-order valence-corrected chi connectivity index (χ2v) is 3.53. The van der Waals surface area contributed by atoms with Crippen molar-refractivity contribution in [3.8, 4) is 0 Å². The molecule has 0 saturated carbocycles. The molecule has 1 unspecified atom stereocenters. The molecule has 0 aliphatic carbocycles. The molecule has 1 aromatic rings. The summed E-state index contributed by atoms with van der Waals surface area (Å²) in [6, 6.07) is 3.16. The first-order valence-electron chi connectivity index (χ1n) is 4.65. The predicted octanol–water partition coefficient (Wildman–Crippen LogP) is 1.70.